The summed E-state index contributed by atoms with van der Waals surface area (Å²) in [6, 6.07) is 7.77. The second-order valence-corrected chi connectivity index (χ2v) is 6.57. The van der Waals surface area contributed by atoms with E-state index in [2.05, 4.69) is 22.0 Å². The minimum absolute atomic E-state index is 0.271. The second-order valence-electron chi connectivity index (χ2n) is 5.65. The lowest BCUT2D eigenvalue weighted by Gasteiger charge is -2.19. The molecule has 1 aliphatic rings. The number of halogens is 1. The molecule has 1 aromatic carbocycles. The van der Waals surface area contributed by atoms with Crippen molar-refractivity contribution in [2.75, 3.05) is 7.11 Å². The number of hydrogen-bond acceptors (Lipinski definition) is 2. The van der Waals surface area contributed by atoms with Crippen molar-refractivity contribution < 1.29 is 9.53 Å². The third-order valence-corrected chi connectivity index (χ3v) is 5.11. The van der Waals surface area contributed by atoms with E-state index < -0.39 is 0 Å². The van der Waals surface area contributed by atoms with Crippen LogP contribution in [0.15, 0.2) is 34.8 Å². The summed E-state index contributed by atoms with van der Waals surface area (Å²) in [6.45, 7) is 0. The number of ether oxygens (including phenoxy) is 1. The Hall–Kier alpha value is -1.09. The van der Waals surface area contributed by atoms with E-state index in [1.165, 1.54) is 49.3 Å². The summed E-state index contributed by atoms with van der Waals surface area (Å²) < 4.78 is 6.10. The van der Waals surface area contributed by atoms with Gasteiger partial charge in [0, 0.05) is 0 Å². The summed E-state index contributed by atoms with van der Waals surface area (Å²) in [5.41, 5.74) is 1.90. The summed E-state index contributed by atoms with van der Waals surface area (Å²) in [7, 11) is 1.41. The minimum atomic E-state index is -0.271. The molecule has 21 heavy (non-hydrogen) atoms. The van der Waals surface area contributed by atoms with E-state index >= 15 is 0 Å². The summed E-state index contributed by atoms with van der Waals surface area (Å²) in [5.74, 6) is 0.373. The molecule has 1 aromatic rings. The number of esters is 1. The van der Waals surface area contributed by atoms with Crippen LogP contribution in [0.2, 0.25) is 0 Å². The molecule has 0 amide bonds. The lowest BCUT2D eigenvalue weighted by molar-refractivity contribution is 0.0600. The first kappa shape index (κ1) is 16.3. The fraction of sp³-hybridized carbons (Fsp3) is 0.500. The maximum Gasteiger partial charge on any atom is 0.337 e. The van der Waals surface area contributed by atoms with Gasteiger partial charge >= 0.3 is 5.97 Å². The molecule has 1 aliphatic carbocycles. The van der Waals surface area contributed by atoms with Crippen molar-refractivity contribution in [1.82, 2.24) is 0 Å². The van der Waals surface area contributed by atoms with Crippen molar-refractivity contribution >= 4 is 21.9 Å². The predicted octanol–water partition coefficient (Wildman–Crippen LogP) is 5.26. The molecule has 2 rings (SSSR count). The van der Waals surface area contributed by atoms with Crippen LogP contribution in [-0.2, 0) is 11.2 Å². The molecular formula is C18H23BrO2. The second kappa shape index (κ2) is 8.38. The van der Waals surface area contributed by atoms with Crippen LogP contribution in [0.25, 0.3) is 0 Å². The Morgan fingerprint density at radius 3 is 2.71 bits per heavy atom. The molecule has 0 aliphatic heterocycles. The highest BCUT2D eigenvalue weighted by Crippen LogP contribution is 2.31. The normalized spacial score (nSPS) is 19.3. The SMILES string of the molecule is COC(=O)c1ccc(CCC2CCCCCC=C2Br)cc1. The number of rotatable bonds is 4. The van der Waals surface area contributed by atoms with Crippen LogP contribution in [0.1, 0.15) is 54.4 Å². The number of methoxy groups -OCH3 is 1. The van der Waals surface area contributed by atoms with Gasteiger partial charge in [0.15, 0.2) is 0 Å². The van der Waals surface area contributed by atoms with Crippen LogP contribution in [0.4, 0.5) is 0 Å². The number of carbonyl (C=O) groups is 1. The molecule has 1 atom stereocenters. The van der Waals surface area contributed by atoms with Crippen LogP contribution in [-0.4, -0.2) is 13.1 Å². The highest BCUT2D eigenvalue weighted by molar-refractivity contribution is 9.11. The number of allylic oxidation sites excluding steroid dienone is 2. The third-order valence-electron chi connectivity index (χ3n) is 4.14. The Balaban J connectivity index is 1.92. The van der Waals surface area contributed by atoms with E-state index in [0.29, 0.717) is 11.5 Å². The quantitative estimate of drug-likeness (QED) is 0.691. The Labute approximate surface area is 135 Å². The van der Waals surface area contributed by atoms with E-state index in [1.54, 1.807) is 0 Å². The average Bonchev–Trinajstić information content (AvgIpc) is 2.50. The Bertz CT molecular complexity index is 490. The molecule has 1 unspecified atom stereocenters. The first-order valence-corrected chi connectivity index (χ1v) is 8.53. The van der Waals surface area contributed by atoms with E-state index in [4.69, 9.17) is 4.74 Å². The van der Waals surface area contributed by atoms with Crippen molar-refractivity contribution in [3.05, 3.63) is 46.0 Å². The van der Waals surface area contributed by atoms with Crippen molar-refractivity contribution in [3.63, 3.8) is 0 Å². The van der Waals surface area contributed by atoms with Gasteiger partial charge in [0.25, 0.3) is 0 Å². The number of benzene rings is 1. The van der Waals surface area contributed by atoms with Crippen molar-refractivity contribution in [2.24, 2.45) is 5.92 Å². The van der Waals surface area contributed by atoms with Crippen LogP contribution in [0.5, 0.6) is 0 Å². The standard InChI is InChI=1S/C18H23BrO2/c1-21-18(20)16-12-9-14(10-13-16)8-11-15-6-4-2-3-5-7-17(15)19/h7,9-10,12-13,15H,2-6,8,11H2,1H3. The molecule has 0 spiro atoms. The zero-order valence-corrected chi connectivity index (χ0v) is 14.2. The zero-order chi connectivity index (χ0) is 15.1. The fourth-order valence-electron chi connectivity index (χ4n) is 2.80. The Morgan fingerprint density at radius 1 is 1.24 bits per heavy atom. The van der Waals surface area contributed by atoms with Gasteiger partial charge in [-0.25, -0.2) is 4.79 Å². The lowest BCUT2D eigenvalue weighted by Crippen LogP contribution is -2.05. The highest BCUT2D eigenvalue weighted by atomic mass is 79.9. The molecule has 0 saturated heterocycles. The van der Waals surface area contributed by atoms with Gasteiger partial charge in [0.2, 0.25) is 0 Å². The molecule has 0 bridgehead atoms. The molecule has 0 saturated carbocycles. The van der Waals surface area contributed by atoms with Crippen molar-refractivity contribution in [3.8, 4) is 0 Å². The molecule has 0 radical (unpaired) electrons. The van der Waals surface area contributed by atoms with Crippen molar-refractivity contribution in [2.45, 2.75) is 44.9 Å². The Morgan fingerprint density at radius 2 is 2.00 bits per heavy atom. The van der Waals surface area contributed by atoms with E-state index in [9.17, 15) is 4.79 Å². The molecule has 3 heteroatoms. The maximum absolute atomic E-state index is 11.4. The summed E-state index contributed by atoms with van der Waals surface area (Å²) >= 11 is 3.75. The number of aryl methyl sites for hydroxylation is 1. The van der Waals surface area contributed by atoms with Crippen LogP contribution >= 0.6 is 15.9 Å². The lowest BCUT2D eigenvalue weighted by atomic mass is 9.91. The van der Waals surface area contributed by atoms with Gasteiger partial charge in [-0.1, -0.05) is 47.0 Å². The van der Waals surface area contributed by atoms with Gasteiger partial charge in [0.1, 0.15) is 0 Å². The van der Waals surface area contributed by atoms with Gasteiger partial charge in [-0.2, -0.15) is 0 Å². The number of carbonyl (C=O) groups excluding carboxylic acids is 1. The third kappa shape index (κ3) is 4.99. The fourth-order valence-corrected chi connectivity index (χ4v) is 3.49. The molecule has 2 nitrogen and oxygen atoms in total. The zero-order valence-electron chi connectivity index (χ0n) is 12.6. The monoisotopic (exact) mass is 350 g/mol. The topological polar surface area (TPSA) is 26.3 Å². The predicted molar refractivity (Wildman–Crippen MR) is 89.7 cm³/mol. The maximum atomic E-state index is 11.4. The van der Waals surface area contributed by atoms with E-state index in [0.717, 1.165) is 12.8 Å². The first-order chi connectivity index (χ1) is 10.2. The van der Waals surface area contributed by atoms with Gasteiger partial charge < -0.3 is 4.74 Å². The van der Waals surface area contributed by atoms with Gasteiger partial charge in [0.05, 0.1) is 12.7 Å². The molecule has 0 fully saturated rings. The minimum Gasteiger partial charge on any atom is -0.465 e. The van der Waals surface area contributed by atoms with E-state index in [1.807, 2.05) is 24.3 Å². The molecular weight excluding hydrogens is 328 g/mol. The van der Waals surface area contributed by atoms with Crippen LogP contribution < -0.4 is 0 Å². The average molecular weight is 351 g/mol. The van der Waals surface area contributed by atoms with Crippen molar-refractivity contribution in [1.29, 1.82) is 0 Å². The van der Waals surface area contributed by atoms with Gasteiger partial charge in [-0.15, -0.1) is 0 Å². The molecule has 0 heterocycles. The molecule has 0 N–H and O–H groups in total. The summed E-state index contributed by atoms with van der Waals surface area (Å²) in [6.07, 6.45) is 11.0. The Kier molecular flexibility index (Phi) is 6.50. The van der Waals surface area contributed by atoms with E-state index in [-0.39, 0.29) is 5.97 Å². The summed E-state index contributed by atoms with van der Waals surface area (Å²) in [5, 5.41) is 0. The summed E-state index contributed by atoms with van der Waals surface area (Å²) in [4.78, 5) is 11.4. The van der Waals surface area contributed by atoms with Gasteiger partial charge in [-0.05, 0) is 60.2 Å². The van der Waals surface area contributed by atoms with Crippen LogP contribution in [0.3, 0.4) is 0 Å². The molecule has 0 aromatic heterocycles. The smallest absolute Gasteiger partial charge is 0.337 e. The van der Waals surface area contributed by atoms with Crippen LogP contribution in [0, 0.1) is 5.92 Å². The largest absolute Gasteiger partial charge is 0.465 e. The first-order valence-electron chi connectivity index (χ1n) is 7.73. The highest BCUT2D eigenvalue weighted by Gasteiger charge is 2.14. The molecule has 114 valence electrons. The van der Waals surface area contributed by atoms with Gasteiger partial charge in [-0.3, -0.25) is 0 Å². The number of hydrogen-bond donors (Lipinski definition) is 0.